The molecule has 1 aliphatic carbocycles. The lowest BCUT2D eigenvalue weighted by Gasteiger charge is -2.21. The van der Waals surface area contributed by atoms with Gasteiger partial charge in [0.15, 0.2) is 11.6 Å². The van der Waals surface area contributed by atoms with Gasteiger partial charge in [0.05, 0.1) is 0 Å². The second-order valence-electron chi connectivity index (χ2n) is 5.21. The molecule has 1 amide bonds. The second-order valence-corrected chi connectivity index (χ2v) is 5.21. The van der Waals surface area contributed by atoms with Gasteiger partial charge in [-0.25, -0.2) is 8.78 Å². The maximum Gasteiger partial charge on any atom is 0.225 e. The predicted octanol–water partition coefficient (Wildman–Crippen LogP) is 2.05. The summed E-state index contributed by atoms with van der Waals surface area (Å²) in [5.41, 5.74) is 6.37. The van der Waals surface area contributed by atoms with Crippen LogP contribution in [0.2, 0.25) is 0 Å². The highest BCUT2D eigenvalue weighted by Crippen LogP contribution is 2.26. The van der Waals surface area contributed by atoms with E-state index in [9.17, 15) is 13.6 Å². The van der Waals surface area contributed by atoms with Crippen LogP contribution in [0.4, 0.5) is 8.78 Å². The van der Waals surface area contributed by atoms with Crippen molar-refractivity contribution >= 4 is 5.91 Å². The summed E-state index contributed by atoms with van der Waals surface area (Å²) >= 11 is 0. The molecule has 0 spiro atoms. The fourth-order valence-corrected chi connectivity index (χ4v) is 2.54. The molecule has 19 heavy (non-hydrogen) atoms. The Kier molecular flexibility index (Phi) is 4.14. The van der Waals surface area contributed by atoms with Crippen LogP contribution in [0.25, 0.3) is 0 Å². The van der Waals surface area contributed by atoms with Gasteiger partial charge in [-0.1, -0.05) is 6.07 Å². The quantitative estimate of drug-likeness (QED) is 0.912. The van der Waals surface area contributed by atoms with Crippen molar-refractivity contribution in [3.8, 4) is 0 Å². The lowest BCUT2D eigenvalue weighted by Crippen LogP contribution is -2.32. The van der Waals surface area contributed by atoms with Crippen molar-refractivity contribution < 1.29 is 13.6 Å². The molecule has 2 rings (SSSR count). The Labute approximate surface area is 111 Å². The molecular formula is C14H18F2N2O. The van der Waals surface area contributed by atoms with Gasteiger partial charge in [-0.3, -0.25) is 4.79 Å². The monoisotopic (exact) mass is 268 g/mol. The Hall–Kier alpha value is -1.49. The molecule has 104 valence electrons. The van der Waals surface area contributed by atoms with E-state index in [-0.39, 0.29) is 24.4 Å². The summed E-state index contributed by atoms with van der Waals surface area (Å²) in [5, 5.41) is 0. The second kappa shape index (κ2) is 5.65. The molecule has 2 unspecified atom stereocenters. The summed E-state index contributed by atoms with van der Waals surface area (Å²) in [4.78, 5) is 13.7. The van der Waals surface area contributed by atoms with Gasteiger partial charge in [0.2, 0.25) is 5.91 Å². The average molecular weight is 268 g/mol. The van der Waals surface area contributed by atoms with E-state index in [2.05, 4.69) is 0 Å². The van der Waals surface area contributed by atoms with Crippen molar-refractivity contribution in [2.75, 3.05) is 7.05 Å². The van der Waals surface area contributed by atoms with Crippen LogP contribution in [0.1, 0.15) is 24.8 Å². The van der Waals surface area contributed by atoms with Crippen LogP contribution in [0.15, 0.2) is 18.2 Å². The number of nitrogens with zero attached hydrogens (tertiary/aromatic N) is 1. The van der Waals surface area contributed by atoms with E-state index < -0.39 is 11.6 Å². The lowest BCUT2D eigenvalue weighted by molar-refractivity contribution is -0.134. The van der Waals surface area contributed by atoms with Crippen LogP contribution in [-0.4, -0.2) is 23.9 Å². The van der Waals surface area contributed by atoms with Crippen molar-refractivity contribution in [2.24, 2.45) is 11.7 Å². The van der Waals surface area contributed by atoms with Gasteiger partial charge in [0.25, 0.3) is 0 Å². The van der Waals surface area contributed by atoms with Gasteiger partial charge in [-0.05, 0) is 37.0 Å². The third kappa shape index (κ3) is 3.29. The number of nitrogens with two attached hydrogens (primary N) is 1. The third-order valence-electron chi connectivity index (χ3n) is 3.60. The molecule has 1 aromatic carbocycles. The highest BCUT2D eigenvalue weighted by molar-refractivity contribution is 5.79. The van der Waals surface area contributed by atoms with Crippen molar-refractivity contribution in [2.45, 2.75) is 31.8 Å². The maximum atomic E-state index is 13.1. The minimum atomic E-state index is -0.888. The minimum absolute atomic E-state index is 0.0256. The van der Waals surface area contributed by atoms with E-state index in [0.717, 1.165) is 25.0 Å². The van der Waals surface area contributed by atoms with Gasteiger partial charge >= 0.3 is 0 Å². The summed E-state index contributed by atoms with van der Waals surface area (Å²) in [6, 6.07) is 3.79. The first-order valence-electron chi connectivity index (χ1n) is 6.42. The summed E-state index contributed by atoms with van der Waals surface area (Å²) in [6.07, 6.45) is 2.39. The summed E-state index contributed by atoms with van der Waals surface area (Å²) in [7, 11) is 1.67. The number of carbonyl (C=O) groups is 1. The Bertz CT molecular complexity index is 479. The molecule has 2 N–H and O–H groups in total. The number of carbonyl (C=O) groups excluding carboxylic acids is 1. The first-order chi connectivity index (χ1) is 8.97. The number of amides is 1. The molecule has 0 heterocycles. The van der Waals surface area contributed by atoms with Crippen LogP contribution in [0, 0.1) is 17.6 Å². The van der Waals surface area contributed by atoms with Gasteiger partial charge in [-0.2, -0.15) is 0 Å². The van der Waals surface area contributed by atoms with Crippen LogP contribution in [-0.2, 0) is 11.3 Å². The molecule has 3 nitrogen and oxygen atoms in total. The summed E-state index contributed by atoms with van der Waals surface area (Å²) < 4.78 is 25.9. The van der Waals surface area contributed by atoms with Crippen molar-refractivity contribution in [3.63, 3.8) is 0 Å². The Balaban J connectivity index is 1.98. The van der Waals surface area contributed by atoms with Gasteiger partial charge < -0.3 is 10.6 Å². The highest BCUT2D eigenvalue weighted by Gasteiger charge is 2.29. The van der Waals surface area contributed by atoms with E-state index in [1.807, 2.05) is 0 Å². The molecule has 0 saturated heterocycles. The first-order valence-corrected chi connectivity index (χ1v) is 6.42. The van der Waals surface area contributed by atoms with E-state index in [0.29, 0.717) is 12.0 Å². The fraction of sp³-hybridized carbons (Fsp3) is 0.500. The number of hydrogen-bond acceptors (Lipinski definition) is 2. The molecule has 1 aliphatic rings. The third-order valence-corrected chi connectivity index (χ3v) is 3.60. The Morgan fingerprint density at radius 1 is 1.37 bits per heavy atom. The zero-order chi connectivity index (χ0) is 14.0. The molecule has 1 saturated carbocycles. The summed E-state index contributed by atoms with van der Waals surface area (Å²) in [6.45, 7) is 0.280. The van der Waals surface area contributed by atoms with E-state index in [4.69, 9.17) is 5.73 Å². The molecule has 0 aromatic heterocycles. The van der Waals surface area contributed by atoms with Gasteiger partial charge in [-0.15, -0.1) is 0 Å². The smallest absolute Gasteiger partial charge is 0.225 e. The van der Waals surface area contributed by atoms with Crippen LogP contribution < -0.4 is 5.73 Å². The average Bonchev–Trinajstić information content (AvgIpc) is 2.79. The van der Waals surface area contributed by atoms with Crippen LogP contribution in [0.5, 0.6) is 0 Å². The molecule has 0 radical (unpaired) electrons. The zero-order valence-corrected chi connectivity index (χ0v) is 10.9. The molecule has 2 atom stereocenters. The largest absolute Gasteiger partial charge is 0.341 e. The van der Waals surface area contributed by atoms with E-state index in [1.165, 1.54) is 6.07 Å². The molecule has 1 fully saturated rings. The van der Waals surface area contributed by atoms with E-state index in [1.54, 1.807) is 11.9 Å². The SMILES string of the molecule is CN(Cc1ccc(F)c(F)c1)C(=O)C1CCC(N)C1. The Morgan fingerprint density at radius 2 is 2.11 bits per heavy atom. The molecule has 0 aliphatic heterocycles. The van der Waals surface area contributed by atoms with Crippen LogP contribution >= 0.6 is 0 Å². The molecular weight excluding hydrogens is 250 g/mol. The normalized spacial score (nSPS) is 22.5. The zero-order valence-electron chi connectivity index (χ0n) is 10.9. The molecule has 1 aromatic rings. The molecule has 0 bridgehead atoms. The van der Waals surface area contributed by atoms with E-state index >= 15 is 0 Å². The van der Waals surface area contributed by atoms with Crippen molar-refractivity contribution in [1.82, 2.24) is 4.90 Å². The standard InChI is InChI=1S/C14H18F2N2O/c1-18(14(19)10-3-4-11(17)7-10)8-9-2-5-12(15)13(16)6-9/h2,5-6,10-11H,3-4,7-8,17H2,1H3. The number of halogens is 2. The van der Waals surface area contributed by atoms with Crippen molar-refractivity contribution in [1.29, 1.82) is 0 Å². The fourth-order valence-electron chi connectivity index (χ4n) is 2.54. The van der Waals surface area contributed by atoms with Gasteiger partial charge in [0, 0.05) is 25.6 Å². The number of benzene rings is 1. The maximum absolute atomic E-state index is 13.1. The number of rotatable bonds is 3. The van der Waals surface area contributed by atoms with Crippen molar-refractivity contribution in [3.05, 3.63) is 35.4 Å². The highest BCUT2D eigenvalue weighted by atomic mass is 19.2. The Morgan fingerprint density at radius 3 is 2.68 bits per heavy atom. The topological polar surface area (TPSA) is 46.3 Å². The summed E-state index contributed by atoms with van der Waals surface area (Å²) in [5.74, 6) is -1.77. The number of hydrogen-bond donors (Lipinski definition) is 1. The van der Waals surface area contributed by atoms with Gasteiger partial charge in [0.1, 0.15) is 0 Å². The molecule has 5 heteroatoms. The minimum Gasteiger partial charge on any atom is -0.341 e. The lowest BCUT2D eigenvalue weighted by atomic mass is 10.1. The predicted molar refractivity (Wildman–Crippen MR) is 68.1 cm³/mol. The van der Waals surface area contributed by atoms with Crippen LogP contribution in [0.3, 0.4) is 0 Å². The first kappa shape index (κ1) is 13.9.